The number of pyridine rings is 1. The highest BCUT2D eigenvalue weighted by Gasteiger charge is 2.36. The molecule has 2 aliphatic heterocycles. The number of hydrogen-bond donors (Lipinski definition) is 2. The van der Waals surface area contributed by atoms with Crippen LogP contribution in [-0.2, 0) is 15.7 Å². The molecule has 2 saturated heterocycles. The molecule has 0 radical (unpaired) electrons. The van der Waals surface area contributed by atoms with Gasteiger partial charge in [-0.15, -0.1) is 0 Å². The number of guanidine groups is 2. The Morgan fingerprint density at radius 3 is 2.30 bits per heavy atom. The number of aliphatic imine (C=N–C) groups is 3. The predicted octanol–water partition coefficient (Wildman–Crippen LogP) is 1.47. The standard InChI is InChI=1S/C18H25F3IN9O2/c1-25-17(30-2-6-32-7-3-30)28-15(29-22-31-4-8-33-9-5-31)12-11-26-14(27-16(23)24)10-13(12)18(19,20)21/h10-11H,2-9H2,1H3,(H4,23,24,26,27). The van der Waals surface area contributed by atoms with Crippen LogP contribution >= 0.6 is 21.3 Å². The minimum Gasteiger partial charge on any atom is -0.379 e. The summed E-state index contributed by atoms with van der Waals surface area (Å²) >= 11 is -1.00. The van der Waals surface area contributed by atoms with E-state index < -0.39 is 39.0 Å². The number of nitrogens with zero attached hydrogens (tertiary/aromatic N) is 7. The Kier molecular flexibility index (Phi) is 9.04. The van der Waals surface area contributed by atoms with Crippen LogP contribution in [0.1, 0.15) is 11.1 Å². The van der Waals surface area contributed by atoms with Crippen molar-refractivity contribution in [2.45, 2.75) is 6.18 Å². The molecule has 11 nitrogen and oxygen atoms in total. The van der Waals surface area contributed by atoms with Crippen molar-refractivity contribution in [2.24, 2.45) is 29.6 Å². The fourth-order valence-corrected chi connectivity index (χ4v) is 4.70. The minimum atomic E-state index is -4.71. The topological polar surface area (TPSA) is 139 Å². The van der Waals surface area contributed by atoms with Gasteiger partial charge in [-0.25, -0.2) is 8.10 Å². The summed E-state index contributed by atoms with van der Waals surface area (Å²) in [6.07, 6.45) is -3.66. The lowest BCUT2D eigenvalue weighted by Crippen LogP contribution is -2.40. The van der Waals surface area contributed by atoms with Crippen molar-refractivity contribution >= 4 is 44.9 Å². The second-order valence-corrected chi connectivity index (χ2v) is 9.14. The van der Waals surface area contributed by atoms with Crippen LogP contribution in [0.2, 0.25) is 0 Å². The van der Waals surface area contributed by atoms with E-state index in [0.717, 1.165) is 12.3 Å². The van der Waals surface area contributed by atoms with Gasteiger partial charge in [0.1, 0.15) is 0 Å². The normalized spacial score (nSPS) is 19.5. The van der Waals surface area contributed by atoms with Crippen LogP contribution in [0, 0.1) is 0 Å². The first-order valence-corrected chi connectivity index (χ1v) is 11.9. The molecular formula is C18H25F3IN9O2. The first-order chi connectivity index (χ1) is 15.8. The maximum Gasteiger partial charge on any atom is 0.417 e. The van der Waals surface area contributed by atoms with Gasteiger partial charge in [0.05, 0.1) is 58.9 Å². The van der Waals surface area contributed by atoms with Crippen molar-refractivity contribution in [2.75, 3.05) is 59.7 Å². The molecule has 2 aliphatic rings. The molecule has 2 fully saturated rings. The average Bonchev–Trinajstić information content (AvgIpc) is 2.80. The average molecular weight is 583 g/mol. The summed E-state index contributed by atoms with van der Waals surface area (Å²) in [4.78, 5) is 18.1. The van der Waals surface area contributed by atoms with Crippen LogP contribution in [0.15, 0.2) is 30.4 Å². The molecule has 33 heavy (non-hydrogen) atoms. The molecule has 0 spiro atoms. The molecule has 0 amide bonds. The zero-order valence-corrected chi connectivity index (χ0v) is 20.1. The van der Waals surface area contributed by atoms with Crippen molar-refractivity contribution in [1.29, 1.82) is 0 Å². The van der Waals surface area contributed by atoms with E-state index >= 15 is 0 Å². The molecule has 182 valence electrons. The molecule has 0 aliphatic carbocycles. The smallest absolute Gasteiger partial charge is 0.379 e. The highest BCUT2D eigenvalue weighted by atomic mass is 127. The predicted molar refractivity (Wildman–Crippen MR) is 126 cm³/mol. The lowest BCUT2D eigenvalue weighted by atomic mass is 10.1. The number of morpholine rings is 2. The van der Waals surface area contributed by atoms with Gasteiger partial charge < -0.3 is 25.8 Å². The van der Waals surface area contributed by atoms with Gasteiger partial charge in [-0.3, -0.25) is 4.99 Å². The molecule has 1 aromatic rings. The molecule has 0 aromatic carbocycles. The number of nitrogens with two attached hydrogens (primary N) is 2. The van der Waals surface area contributed by atoms with E-state index in [4.69, 9.17) is 20.9 Å². The number of halogens is 4. The molecular weight excluding hydrogens is 558 g/mol. The molecule has 0 bridgehead atoms. The van der Waals surface area contributed by atoms with Gasteiger partial charge in [0.2, 0.25) is 5.96 Å². The van der Waals surface area contributed by atoms with E-state index in [1.807, 2.05) is 4.90 Å². The molecule has 0 atom stereocenters. The SMILES string of the molecule is CN=C(N=C(N=IN1CCOCC1)c1cnc(N=C(N)N)cc1C(F)(F)F)N1CCOCC1. The monoisotopic (exact) mass is 583 g/mol. The van der Waals surface area contributed by atoms with Crippen LogP contribution in [0.25, 0.3) is 0 Å². The second kappa shape index (κ2) is 11.8. The van der Waals surface area contributed by atoms with E-state index in [0.29, 0.717) is 52.6 Å². The number of alkyl halides is 3. The molecule has 0 unspecified atom stereocenters. The van der Waals surface area contributed by atoms with Crippen LogP contribution in [-0.4, -0.2) is 90.4 Å². The van der Waals surface area contributed by atoms with Crippen molar-refractivity contribution in [3.63, 3.8) is 0 Å². The molecule has 0 saturated carbocycles. The van der Waals surface area contributed by atoms with Crippen LogP contribution in [0.3, 0.4) is 0 Å². The molecule has 15 heteroatoms. The lowest BCUT2D eigenvalue weighted by Gasteiger charge is -2.27. The Balaban J connectivity index is 2.07. The minimum absolute atomic E-state index is 0.0857. The summed E-state index contributed by atoms with van der Waals surface area (Å²) in [5, 5.41) is 0. The van der Waals surface area contributed by atoms with Gasteiger partial charge in [0.15, 0.2) is 17.6 Å². The first kappa shape index (κ1) is 25.4. The maximum absolute atomic E-state index is 14.0. The summed E-state index contributed by atoms with van der Waals surface area (Å²) in [6.45, 7) is 4.44. The van der Waals surface area contributed by atoms with E-state index in [1.54, 1.807) is 0 Å². The van der Waals surface area contributed by atoms with Crippen molar-refractivity contribution in [3.05, 3.63) is 23.4 Å². The van der Waals surface area contributed by atoms with E-state index in [1.165, 1.54) is 7.05 Å². The summed E-state index contributed by atoms with van der Waals surface area (Å²) in [5.41, 5.74) is 9.35. The third kappa shape index (κ3) is 7.38. The maximum atomic E-state index is 14.0. The zero-order valence-electron chi connectivity index (χ0n) is 17.9. The van der Waals surface area contributed by atoms with Crippen molar-refractivity contribution in [1.82, 2.24) is 13.0 Å². The highest BCUT2D eigenvalue weighted by molar-refractivity contribution is 14.1. The fourth-order valence-electron chi connectivity index (χ4n) is 3.00. The zero-order chi connectivity index (χ0) is 23.8. The van der Waals surface area contributed by atoms with Gasteiger partial charge >= 0.3 is 6.18 Å². The van der Waals surface area contributed by atoms with Gasteiger partial charge in [-0.05, 0) is 6.07 Å². The van der Waals surface area contributed by atoms with Crippen LogP contribution < -0.4 is 11.5 Å². The molecule has 3 rings (SSSR count). The Bertz CT molecular complexity index is 937. The third-order valence-corrected chi connectivity index (χ3v) is 6.81. The summed E-state index contributed by atoms with van der Waals surface area (Å²) in [5.74, 6) is -0.458. The molecule has 4 N–H and O–H groups in total. The summed E-state index contributed by atoms with van der Waals surface area (Å²) < 4.78 is 59.2. The molecule has 1 aromatic heterocycles. The van der Waals surface area contributed by atoms with Crippen LogP contribution in [0.4, 0.5) is 19.0 Å². The van der Waals surface area contributed by atoms with Gasteiger partial charge in [-0.2, -0.15) is 26.3 Å². The van der Waals surface area contributed by atoms with E-state index in [2.05, 4.69) is 26.2 Å². The first-order valence-electron chi connectivity index (χ1n) is 10.0. The number of aromatic nitrogens is 1. The molecule has 3 heterocycles. The lowest BCUT2D eigenvalue weighted by molar-refractivity contribution is -0.137. The third-order valence-electron chi connectivity index (χ3n) is 4.56. The van der Waals surface area contributed by atoms with E-state index in [9.17, 15) is 13.2 Å². The Morgan fingerprint density at radius 1 is 1.09 bits per heavy atom. The van der Waals surface area contributed by atoms with E-state index in [-0.39, 0.29) is 23.2 Å². The Labute approximate surface area is 199 Å². The number of ether oxygens (including phenoxy) is 2. The fraction of sp³-hybridized carbons (Fsp3) is 0.556. The second-order valence-electron chi connectivity index (χ2n) is 6.86. The van der Waals surface area contributed by atoms with Gasteiger partial charge in [0, 0.05) is 39.4 Å². The van der Waals surface area contributed by atoms with Crippen molar-refractivity contribution < 1.29 is 22.6 Å². The highest BCUT2D eigenvalue weighted by Crippen LogP contribution is 2.34. The largest absolute Gasteiger partial charge is 0.417 e. The van der Waals surface area contributed by atoms with Gasteiger partial charge in [0.25, 0.3) is 0 Å². The quantitative estimate of drug-likeness (QED) is 0.238. The summed E-state index contributed by atoms with van der Waals surface area (Å²) in [6, 6.07) is 0.782. The number of amidine groups is 1. The van der Waals surface area contributed by atoms with Crippen molar-refractivity contribution in [3.8, 4) is 0 Å². The summed E-state index contributed by atoms with van der Waals surface area (Å²) in [7, 11) is 1.54. The Morgan fingerprint density at radius 2 is 1.73 bits per heavy atom. The van der Waals surface area contributed by atoms with Crippen LogP contribution in [0.5, 0.6) is 0 Å². The number of rotatable bonds is 3. The van der Waals surface area contributed by atoms with Gasteiger partial charge in [-0.1, -0.05) is 0 Å². The Hall–Kier alpha value is -2.24. The number of hydrogen-bond acceptors (Lipinski definition) is 5.